The quantitative estimate of drug-likeness (QED) is 0.597. The van der Waals surface area contributed by atoms with Crippen molar-refractivity contribution >= 4 is 5.96 Å². The number of hydrogen-bond acceptors (Lipinski definition) is 4. The number of nitrogens with one attached hydrogen (secondary N) is 2. The first-order valence-corrected chi connectivity index (χ1v) is 8.06. The minimum atomic E-state index is -0.250. The molecule has 0 radical (unpaired) electrons. The molecule has 24 heavy (non-hydrogen) atoms. The number of pyridine rings is 1. The van der Waals surface area contributed by atoms with Gasteiger partial charge in [0.05, 0.1) is 12.1 Å². The third-order valence-electron chi connectivity index (χ3n) is 3.55. The van der Waals surface area contributed by atoms with Crippen LogP contribution in [0.25, 0.3) is 5.82 Å². The van der Waals surface area contributed by atoms with Gasteiger partial charge in [-0.05, 0) is 44.5 Å². The van der Waals surface area contributed by atoms with Gasteiger partial charge in [-0.1, -0.05) is 0 Å². The van der Waals surface area contributed by atoms with E-state index >= 15 is 0 Å². The van der Waals surface area contributed by atoms with E-state index in [-0.39, 0.29) is 5.60 Å². The number of aliphatic imine (C=N–C) groups is 1. The van der Waals surface area contributed by atoms with Crippen LogP contribution in [-0.4, -0.2) is 46.5 Å². The smallest absolute Gasteiger partial charge is 0.191 e. The first kappa shape index (κ1) is 17.9. The summed E-state index contributed by atoms with van der Waals surface area (Å²) in [5.74, 6) is 1.55. The number of hydrogen-bond donors (Lipinski definition) is 2. The van der Waals surface area contributed by atoms with Gasteiger partial charge in [0.1, 0.15) is 0 Å². The maximum absolute atomic E-state index is 5.42. The van der Waals surface area contributed by atoms with Crippen LogP contribution in [-0.2, 0) is 11.3 Å². The van der Waals surface area contributed by atoms with E-state index in [1.807, 2.05) is 45.2 Å². The van der Waals surface area contributed by atoms with Crippen molar-refractivity contribution in [1.82, 2.24) is 25.4 Å². The second kappa shape index (κ2) is 8.44. The second-order valence-corrected chi connectivity index (χ2v) is 5.99. The van der Waals surface area contributed by atoms with Crippen LogP contribution in [0.15, 0.2) is 41.8 Å². The Morgan fingerprint density at radius 2 is 2.17 bits per heavy atom. The Kier molecular flexibility index (Phi) is 6.31. The van der Waals surface area contributed by atoms with Gasteiger partial charge in [-0.3, -0.25) is 0 Å². The largest absolute Gasteiger partial charge is 0.377 e. The Hall–Kier alpha value is -2.41. The highest BCUT2D eigenvalue weighted by Gasteiger charge is 2.16. The molecule has 130 valence electrons. The predicted molar refractivity (Wildman–Crippen MR) is 95.3 cm³/mol. The fraction of sp³-hybridized carbons (Fsp3) is 0.471. The molecule has 0 saturated heterocycles. The van der Waals surface area contributed by atoms with Crippen LogP contribution in [0.3, 0.4) is 0 Å². The predicted octanol–water partition coefficient (Wildman–Crippen LogP) is 1.75. The Morgan fingerprint density at radius 1 is 1.33 bits per heavy atom. The molecule has 0 aliphatic rings. The molecule has 7 heteroatoms. The standard InChI is InChI=1S/C17H26N6O/c1-5-18-16(21-13-17(2,3)24-4)20-12-14-7-9-19-15(11-14)23-10-6-8-22-23/h6-11H,5,12-13H2,1-4H3,(H2,18,20,21). The molecule has 0 fully saturated rings. The van der Waals surface area contributed by atoms with Crippen LogP contribution < -0.4 is 10.6 Å². The van der Waals surface area contributed by atoms with E-state index in [2.05, 4.69) is 25.7 Å². The number of rotatable bonds is 7. The molecule has 0 aliphatic carbocycles. The highest BCUT2D eigenvalue weighted by Crippen LogP contribution is 2.08. The van der Waals surface area contributed by atoms with E-state index in [9.17, 15) is 0 Å². The summed E-state index contributed by atoms with van der Waals surface area (Å²) in [6, 6.07) is 5.82. The summed E-state index contributed by atoms with van der Waals surface area (Å²) in [7, 11) is 1.71. The SMILES string of the molecule is CCNC(=NCc1ccnc(-n2cccn2)c1)NCC(C)(C)OC. The number of aromatic nitrogens is 3. The van der Waals surface area contributed by atoms with Crippen LogP contribution >= 0.6 is 0 Å². The molecule has 2 aromatic rings. The number of guanidine groups is 1. The fourth-order valence-electron chi connectivity index (χ4n) is 1.97. The van der Waals surface area contributed by atoms with Gasteiger partial charge < -0.3 is 15.4 Å². The highest BCUT2D eigenvalue weighted by molar-refractivity contribution is 5.79. The van der Waals surface area contributed by atoms with Crippen LogP contribution in [0, 0.1) is 0 Å². The summed E-state index contributed by atoms with van der Waals surface area (Å²) in [6.07, 6.45) is 5.38. The van der Waals surface area contributed by atoms with Crippen molar-refractivity contribution in [3.63, 3.8) is 0 Å². The summed E-state index contributed by atoms with van der Waals surface area (Å²) in [5.41, 5.74) is 0.818. The molecule has 0 amide bonds. The third-order valence-corrected chi connectivity index (χ3v) is 3.55. The first-order valence-electron chi connectivity index (χ1n) is 8.06. The van der Waals surface area contributed by atoms with E-state index in [0.717, 1.165) is 23.9 Å². The first-order chi connectivity index (χ1) is 11.5. The summed E-state index contributed by atoms with van der Waals surface area (Å²) < 4.78 is 7.16. The van der Waals surface area contributed by atoms with Gasteiger partial charge in [0.15, 0.2) is 11.8 Å². The lowest BCUT2D eigenvalue weighted by Crippen LogP contribution is -2.45. The zero-order valence-corrected chi connectivity index (χ0v) is 14.8. The number of nitrogens with zero attached hydrogens (tertiary/aromatic N) is 4. The lowest BCUT2D eigenvalue weighted by Gasteiger charge is -2.24. The zero-order chi connectivity index (χ0) is 17.4. The topological polar surface area (TPSA) is 76.4 Å². The molecule has 0 saturated carbocycles. The van der Waals surface area contributed by atoms with Crippen molar-refractivity contribution in [3.8, 4) is 5.82 Å². The van der Waals surface area contributed by atoms with Crippen molar-refractivity contribution in [3.05, 3.63) is 42.4 Å². The number of ether oxygens (including phenoxy) is 1. The highest BCUT2D eigenvalue weighted by atomic mass is 16.5. The Bertz CT molecular complexity index is 651. The summed E-state index contributed by atoms with van der Waals surface area (Å²) in [6.45, 7) is 8.13. The van der Waals surface area contributed by atoms with Gasteiger partial charge in [0.2, 0.25) is 0 Å². The van der Waals surface area contributed by atoms with Gasteiger partial charge in [-0.25, -0.2) is 14.7 Å². The van der Waals surface area contributed by atoms with E-state index in [0.29, 0.717) is 13.1 Å². The van der Waals surface area contributed by atoms with Crippen LogP contribution in [0.5, 0.6) is 0 Å². The second-order valence-electron chi connectivity index (χ2n) is 5.99. The molecular formula is C17H26N6O. The molecule has 0 aromatic carbocycles. The number of methoxy groups -OCH3 is 1. The van der Waals surface area contributed by atoms with Gasteiger partial charge >= 0.3 is 0 Å². The molecule has 2 N–H and O–H groups in total. The molecule has 0 unspecified atom stereocenters. The van der Waals surface area contributed by atoms with Gasteiger partial charge in [-0.15, -0.1) is 0 Å². The lowest BCUT2D eigenvalue weighted by molar-refractivity contribution is 0.0268. The van der Waals surface area contributed by atoms with Crippen molar-refractivity contribution in [2.45, 2.75) is 32.9 Å². The molecular weight excluding hydrogens is 304 g/mol. The zero-order valence-electron chi connectivity index (χ0n) is 14.8. The van der Waals surface area contributed by atoms with E-state index < -0.39 is 0 Å². The minimum absolute atomic E-state index is 0.250. The molecule has 2 rings (SSSR count). The average Bonchev–Trinajstić information content (AvgIpc) is 3.12. The summed E-state index contributed by atoms with van der Waals surface area (Å²) >= 11 is 0. The third kappa shape index (κ3) is 5.34. The fourth-order valence-corrected chi connectivity index (χ4v) is 1.97. The molecule has 0 bridgehead atoms. The summed E-state index contributed by atoms with van der Waals surface area (Å²) in [5, 5.41) is 10.7. The molecule has 7 nitrogen and oxygen atoms in total. The van der Waals surface area contributed by atoms with Gasteiger partial charge in [0, 0.05) is 38.8 Å². The average molecular weight is 330 g/mol. The Morgan fingerprint density at radius 3 is 2.83 bits per heavy atom. The molecule has 0 atom stereocenters. The van der Waals surface area contributed by atoms with Crippen LogP contribution in [0.1, 0.15) is 26.3 Å². The van der Waals surface area contributed by atoms with Crippen molar-refractivity contribution in [1.29, 1.82) is 0 Å². The monoisotopic (exact) mass is 330 g/mol. The molecule has 0 aliphatic heterocycles. The van der Waals surface area contributed by atoms with Crippen molar-refractivity contribution in [2.24, 2.45) is 4.99 Å². The Labute approximate surface area is 143 Å². The Balaban J connectivity index is 2.04. The molecule has 2 aromatic heterocycles. The van der Waals surface area contributed by atoms with Gasteiger partial charge in [0.25, 0.3) is 0 Å². The van der Waals surface area contributed by atoms with E-state index in [1.165, 1.54) is 0 Å². The normalized spacial score (nSPS) is 12.2. The van der Waals surface area contributed by atoms with E-state index in [1.54, 1.807) is 24.2 Å². The lowest BCUT2D eigenvalue weighted by atomic mass is 10.1. The van der Waals surface area contributed by atoms with Crippen molar-refractivity contribution < 1.29 is 4.74 Å². The van der Waals surface area contributed by atoms with Crippen LogP contribution in [0.2, 0.25) is 0 Å². The molecule has 0 spiro atoms. The summed E-state index contributed by atoms with van der Waals surface area (Å²) in [4.78, 5) is 8.95. The maximum Gasteiger partial charge on any atom is 0.191 e. The minimum Gasteiger partial charge on any atom is -0.377 e. The van der Waals surface area contributed by atoms with Crippen LogP contribution in [0.4, 0.5) is 0 Å². The van der Waals surface area contributed by atoms with Gasteiger partial charge in [-0.2, -0.15) is 5.10 Å². The van der Waals surface area contributed by atoms with Crippen molar-refractivity contribution in [2.75, 3.05) is 20.2 Å². The maximum atomic E-state index is 5.42. The van der Waals surface area contributed by atoms with E-state index in [4.69, 9.17) is 4.74 Å². The molecule has 2 heterocycles.